The highest BCUT2D eigenvalue weighted by atomic mass is 32.2. The van der Waals surface area contributed by atoms with Crippen LogP contribution >= 0.6 is 11.8 Å². The van der Waals surface area contributed by atoms with Gasteiger partial charge < -0.3 is 9.64 Å². The highest BCUT2D eigenvalue weighted by Gasteiger charge is 2.25. The Morgan fingerprint density at radius 1 is 1.21 bits per heavy atom. The van der Waals surface area contributed by atoms with E-state index in [4.69, 9.17) is 4.74 Å². The zero-order chi connectivity index (χ0) is 21.6. The first-order valence-corrected chi connectivity index (χ1v) is 10.2. The monoisotopic (exact) mass is 418 g/mol. The van der Waals surface area contributed by atoms with Gasteiger partial charge in [0.2, 0.25) is 0 Å². The second-order valence-electron chi connectivity index (χ2n) is 6.73. The highest BCUT2D eigenvalue weighted by molar-refractivity contribution is 8.00. The van der Waals surface area contributed by atoms with E-state index in [1.807, 2.05) is 0 Å². The minimum atomic E-state index is -0.585. The molecule has 0 aliphatic carbocycles. The summed E-state index contributed by atoms with van der Waals surface area (Å²) in [5.74, 6) is 0.0381. The number of carbonyl (C=O) groups excluding carboxylic acids is 3. The number of ether oxygens (including phenoxy) is 1. The van der Waals surface area contributed by atoms with Gasteiger partial charge in [0.25, 0.3) is 0 Å². The lowest BCUT2D eigenvalue weighted by atomic mass is 10.1. The third kappa shape index (κ3) is 5.66. The van der Waals surface area contributed by atoms with Crippen LogP contribution in [-0.4, -0.2) is 58.7 Å². The molecule has 1 amide bonds. The molecule has 1 aromatic carbocycles. The molecule has 0 aliphatic rings. The van der Waals surface area contributed by atoms with Gasteiger partial charge >= 0.3 is 12.0 Å². The van der Waals surface area contributed by atoms with E-state index in [0.717, 1.165) is 12.8 Å². The normalized spacial score (nSPS) is 11.8. The van der Waals surface area contributed by atoms with Crippen LogP contribution in [0.2, 0.25) is 0 Å². The third-order valence-electron chi connectivity index (χ3n) is 4.17. The Hall–Kier alpha value is -2.68. The maximum atomic E-state index is 12.5. The van der Waals surface area contributed by atoms with Crippen LogP contribution in [0.1, 0.15) is 53.7 Å². The van der Waals surface area contributed by atoms with E-state index in [1.165, 1.54) is 35.4 Å². The number of Topliss-reactive ketones (excluding diaryl/α,β-unsaturated/α-hetero) is 1. The van der Waals surface area contributed by atoms with Crippen molar-refractivity contribution in [3.63, 3.8) is 0 Å². The van der Waals surface area contributed by atoms with Gasteiger partial charge in [-0.15, -0.1) is 5.10 Å². The molecule has 9 heteroatoms. The number of aromatic nitrogens is 3. The van der Waals surface area contributed by atoms with Gasteiger partial charge in [-0.3, -0.25) is 4.79 Å². The van der Waals surface area contributed by atoms with Crippen molar-refractivity contribution in [2.45, 2.75) is 43.5 Å². The van der Waals surface area contributed by atoms with E-state index < -0.39 is 11.2 Å². The minimum absolute atomic E-state index is 0.0946. The van der Waals surface area contributed by atoms with Crippen LogP contribution in [0.4, 0.5) is 4.79 Å². The Labute approximate surface area is 174 Å². The molecule has 0 saturated heterocycles. The van der Waals surface area contributed by atoms with Crippen molar-refractivity contribution in [1.29, 1.82) is 0 Å². The molecule has 0 fully saturated rings. The van der Waals surface area contributed by atoms with E-state index in [2.05, 4.69) is 17.0 Å². The molecule has 29 heavy (non-hydrogen) atoms. The Morgan fingerprint density at radius 3 is 2.38 bits per heavy atom. The van der Waals surface area contributed by atoms with Gasteiger partial charge in [-0.1, -0.05) is 37.2 Å². The summed E-state index contributed by atoms with van der Waals surface area (Å²) in [5, 5.41) is 4.13. The fraction of sp³-hybridized carbons (Fsp3) is 0.450. The first-order valence-electron chi connectivity index (χ1n) is 9.31. The van der Waals surface area contributed by atoms with Crippen molar-refractivity contribution in [2.75, 3.05) is 21.2 Å². The standard InChI is InChI=1S/C20H26N4O4S/c1-6-7-8-16-21-19(24(22-16)20(27)23(3)4)29-17(13(2)25)14-9-11-15(12-10-14)18(26)28-5/h9-12,17H,6-8H2,1-5H3. The molecule has 1 heterocycles. The Morgan fingerprint density at radius 2 is 1.86 bits per heavy atom. The second kappa shape index (κ2) is 10.2. The topological polar surface area (TPSA) is 94.4 Å². The largest absolute Gasteiger partial charge is 0.465 e. The third-order valence-corrected chi connectivity index (χ3v) is 5.48. The number of carbonyl (C=O) groups is 3. The van der Waals surface area contributed by atoms with E-state index in [1.54, 1.807) is 38.4 Å². The van der Waals surface area contributed by atoms with Crippen molar-refractivity contribution < 1.29 is 19.1 Å². The summed E-state index contributed by atoms with van der Waals surface area (Å²) in [6.07, 6.45) is 2.56. The predicted octanol–water partition coefficient (Wildman–Crippen LogP) is 3.36. The Balaban J connectivity index is 2.36. The molecule has 0 saturated carbocycles. The fourth-order valence-electron chi connectivity index (χ4n) is 2.57. The average molecular weight is 419 g/mol. The summed E-state index contributed by atoms with van der Waals surface area (Å²) in [6, 6.07) is 6.31. The van der Waals surface area contributed by atoms with Gasteiger partial charge in [-0.2, -0.15) is 4.68 Å². The van der Waals surface area contributed by atoms with Crippen LogP contribution in [-0.2, 0) is 16.0 Å². The number of amides is 1. The molecule has 8 nitrogen and oxygen atoms in total. The number of esters is 1. The number of rotatable bonds is 8. The number of methoxy groups -OCH3 is 1. The minimum Gasteiger partial charge on any atom is -0.465 e. The first kappa shape index (κ1) is 22.6. The van der Waals surface area contributed by atoms with Gasteiger partial charge in [0, 0.05) is 20.5 Å². The van der Waals surface area contributed by atoms with Gasteiger partial charge in [0.05, 0.1) is 17.9 Å². The van der Waals surface area contributed by atoms with Crippen LogP contribution in [0, 0.1) is 0 Å². The van der Waals surface area contributed by atoms with Crippen LogP contribution in [0.3, 0.4) is 0 Å². The van der Waals surface area contributed by atoms with Gasteiger partial charge in [-0.05, 0) is 31.0 Å². The summed E-state index contributed by atoms with van der Waals surface area (Å²) in [6.45, 7) is 3.56. The highest BCUT2D eigenvalue weighted by Crippen LogP contribution is 2.35. The molecule has 2 aromatic rings. The number of hydrogen-bond acceptors (Lipinski definition) is 7. The molecule has 0 bridgehead atoms. The average Bonchev–Trinajstić information content (AvgIpc) is 3.11. The molecular weight excluding hydrogens is 392 g/mol. The van der Waals surface area contributed by atoms with E-state index >= 15 is 0 Å². The summed E-state index contributed by atoms with van der Waals surface area (Å²) in [7, 11) is 4.59. The molecule has 1 aromatic heterocycles. The molecule has 0 aliphatic heterocycles. The van der Waals surface area contributed by atoms with Crippen LogP contribution < -0.4 is 0 Å². The van der Waals surface area contributed by atoms with Crippen LogP contribution in [0.5, 0.6) is 0 Å². The lowest BCUT2D eigenvalue weighted by Gasteiger charge is -2.15. The fourth-order valence-corrected chi connectivity index (χ4v) is 3.62. The zero-order valence-electron chi connectivity index (χ0n) is 17.3. The van der Waals surface area contributed by atoms with E-state index in [0.29, 0.717) is 28.5 Å². The van der Waals surface area contributed by atoms with Crippen molar-refractivity contribution in [3.8, 4) is 0 Å². The predicted molar refractivity (Wildman–Crippen MR) is 110 cm³/mol. The molecule has 0 radical (unpaired) electrons. The molecule has 0 spiro atoms. The summed E-state index contributed by atoms with van der Waals surface area (Å²) >= 11 is 1.17. The van der Waals surface area contributed by atoms with Gasteiger partial charge in [-0.25, -0.2) is 14.6 Å². The number of nitrogens with zero attached hydrogens (tertiary/aromatic N) is 4. The number of aryl methyl sites for hydroxylation is 1. The molecule has 1 atom stereocenters. The molecule has 0 N–H and O–H groups in total. The van der Waals surface area contributed by atoms with Crippen molar-refractivity contribution in [3.05, 3.63) is 41.2 Å². The number of benzene rings is 1. The van der Waals surface area contributed by atoms with E-state index in [9.17, 15) is 14.4 Å². The van der Waals surface area contributed by atoms with E-state index in [-0.39, 0.29) is 11.8 Å². The van der Waals surface area contributed by atoms with Crippen molar-refractivity contribution >= 4 is 29.5 Å². The van der Waals surface area contributed by atoms with Gasteiger partial charge in [0.1, 0.15) is 5.78 Å². The summed E-state index contributed by atoms with van der Waals surface area (Å²) in [5.41, 5.74) is 1.11. The number of thioether (sulfide) groups is 1. The van der Waals surface area contributed by atoms with Crippen LogP contribution in [0.25, 0.3) is 0 Å². The lowest BCUT2D eigenvalue weighted by Crippen LogP contribution is -2.29. The maximum Gasteiger partial charge on any atom is 0.346 e. The quantitative estimate of drug-likeness (QED) is 0.479. The number of hydrogen-bond donors (Lipinski definition) is 0. The lowest BCUT2D eigenvalue weighted by molar-refractivity contribution is -0.116. The Bertz CT molecular complexity index is 877. The molecule has 2 rings (SSSR count). The maximum absolute atomic E-state index is 12.5. The Kier molecular flexibility index (Phi) is 7.95. The second-order valence-corrected chi connectivity index (χ2v) is 7.80. The zero-order valence-corrected chi connectivity index (χ0v) is 18.2. The van der Waals surface area contributed by atoms with Crippen molar-refractivity contribution in [2.24, 2.45) is 0 Å². The number of ketones is 1. The number of unbranched alkanes of at least 4 members (excludes halogenated alkanes) is 1. The summed E-state index contributed by atoms with van der Waals surface area (Å²) in [4.78, 5) is 42.4. The van der Waals surface area contributed by atoms with Crippen molar-refractivity contribution in [1.82, 2.24) is 19.7 Å². The summed E-state index contributed by atoms with van der Waals surface area (Å²) < 4.78 is 5.95. The molecular formula is C20H26N4O4S. The SMILES string of the molecule is CCCCc1nc(SC(C(C)=O)c2ccc(C(=O)OC)cc2)n(C(=O)N(C)C)n1. The smallest absolute Gasteiger partial charge is 0.346 e. The molecule has 1 unspecified atom stereocenters. The first-order chi connectivity index (χ1) is 13.8. The molecule has 156 valence electrons. The van der Waals surface area contributed by atoms with Crippen LogP contribution in [0.15, 0.2) is 29.4 Å². The van der Waals surface area contributed by atoms with Gasteiger partial charge in [0.15, 0.2) is 11.0 Å².